The van der Waals surface area contributed by atoms with Crippen LogP contribution in [0.3, 0.4) is 0 Å². The minimum absolute atomic E-state index is 0.179. The van der Waals surface area contributed by atoms with E-state index >= 15 is 0 Å². The van der Waals surface area contributed by atoms with Gasteiger partial charge in [0.05, 0.1) is 12.2 Å². The summed E-state index contributed by atoms with van der Waals surface area (Å²) in [5.74, 6) is 0. The lowest BCUT2D eigenvalue weighted by Crippen LogP contribution is -2.47. The molecule has 0 spiro atoms. The molecule has 0 aromatic carbocycles. The Balaban J connectivity index is 1.70. The SMILES string of the molecule is O=C(NOC1CCCC1)N1CCCC(O)C1. The third-order valence-electron chi connectivity index (χ3n) is 3.30. The molecule has 2 aliphatic rings. The predicted octanol–water partition coefficient (Wildman–Crippen LogP) is 1.03. The Morgan fingerprint density at radius 3 is 2.69 bits per heavy atom. The van der Waals surface area contributed by atoms with Crippen molar-refractivity contribution in [3.05, 3.63) is 0 Å². The summed E-state index contributed by atoms with van der Waals surface area (Å²) in [6.07, 6.45) is 5.87. The first-order valence-electron chi connectivity index (χ1n) is 6.14. The first kappa shape index (κ1) is 11.7. The summed E-state index contributed by atoms with van der Waals surface area (Å²) in [5, 5.41) is 9.45. The number of β-amino-alcohol motifs (C(OH)–C–C–N with tert-alkyl or cyclic N) is 1. The summed E-state index contributed by atoms with van der Waals surface area (Å²) in [6.45, 7) is 1.12. The van der Waals surface area contributed by atoms with Crippen LogP contribution in [0.1, 0.15) is 38.5 Å². The van der Waals surface area contributed by atoms with Gasteiger partial charge in [-0.25, -0.2) is 10.3 Å². The number of nitrogens with one attached hydrogen (secondary N) is 1. The van der Waals surface area contributed by atoms with E-state index in [-0.39, 0.29) is 18.2 Å². The molecule has 2 rings (SSSR count). The Labute approximate surface area is 95.7 Å². The Morgan fingerprint density at radius 1 is 1.25 bits per heavy atom. The number of hydroxylamine groups is 1. The van der Waals surface area contributed by atoms with Crippen molar-refractivity contribution < 1.29 is 14.7 Å². The lowest BCUT2D eigenvalue weighted by Gasteiger charge is -2.30. The fourth-order valence-corrected chi connectivity index (χ4v) is 2.34. The van der Waals surface area contributed by atoms with E-state index in [9.17, 15) is 9.90 Å². The van der Waals surface area contributed by atoms with Crippen LogP contribution < -0.4 is 5.48 Å². The van der Waals surface area contributed by atoms with Crippen LogP contribution in [0.25, 0.3) is 0 Å². The van der Waals surface area contributed by atoms with Crippen molar-refractivity contribution in [2.45, 2.75) is 50.7 Å². The molecular formula is C11H20N2O3. The van der Waals surface area contributed by atoms with E-state index in [1.165, 1.54) is 12.8 Å². The summed E-state index contributed by atoms with van der Waals surface area (Å²) in [4.78, 5) is 18.6. The molecule has 0 radical (unpaired) electrons. The molecule has 0 aromatic heterocycles. The second-order valence-electron chi connectivity index (χ2n) is 4.67. The number of amides is 2. The molecule has 0 bridgehead atoms. The van der Waals surface area contributed by atoms with Crippen molar-refractivity contribution in [2.24, 2.45) is 0 Å². The average Bonchev–Trinajstić information content (AvgIpc) is 2.78. The maximum atomic E-state index is 11.7. The Hall–Kier alpha value is -0.810. The van der Waals surface area contributed by atoms with E-state index in [0.29, 0.717) is 13.1 Å². The van der Waals surface area contributed by atoms with Crippen LogP contribution in [0.15, 0.2) is 0 Å². The van der Waals surface area contributed by atoms with E-state index < -0.39 is 0 Å². The summed E-state index contributed by atoms with van der Waals surface area (Å²) < 4.78 is 0. The molecule has 2 amide bonds. The van der Waals surface area contributed by atoms with Gasteiger partial charge < -0.3 is 10.0 Å². The number of urea groups is 1. The number of likely N-dealkylation sites (tertiary alicyclic amines) is 1. The van der Waals surface area contributed by atoms with Crippen molar-refractivity contribution in [1.29, 1.82) is 0 Å². The van der Waals surface area contributed by atoms with Crippen LogP contribution in [0.4, 0.5) is 4.79 Å². The van der Waals surface area contributed by atoms with Crippen molar-refractivity contribution in [2.75, 3.05) is 13.1 Å². The highest BCUT2D eigenvalue weighted by Crippen LogP contribution is 2.20. The molecule has 1 saturated carbocycles. The van der Waals surface area contributed by atoms with Gasteiger partial charge in [0.2, 0.25) is 0 Å². The zero-order valence-corrected chi connectivity index (χ0v) is 9.52. The van der Waals surface area contributed by atoms with Crippen LogP contribution in [-0.2, 0) is 4.84 Å². The van der Waals surface area contributed by atoms with Crippen LogP contribution in [0, 0.1) is 0 Å². The highest BCUT2D eigenvalue weighted by molar-refractivity contribution is 5.73. The summed E-state index contributed by atoms with van der Waals surface area (Å²) in [6, 6.07) is -0.217. The number of nitrogens with zero attached hydrogens (tertiary/aromatic N) is 1. The largest absolute Gasteiger partial charge is 0.391 e. The third-order valence-corrected chi connectivity index (χ3v) is 3.30. The molecule has 0 aromatic rings. The number of hydrogen-bond acceptors (Lipinski definition) is 3. The van der Waals surface area contributed by atoms with Gasteiger partial charge in [0.1, 0.15) is 0 Å². The lowest BCUT2D eigenvalue weighted by molar-refractivity contribution is -0.0141. The van der Waals surface area contributed by atoms with Crippen molar-refractivity contribution in [3.63, 3.8) is 0 Å². The molecule has 16 heavy (non-hydrogen) atoms. The Bertz CT molecular complexity index is 241. The number of piperidine rings is 1. The van der Waals surface area contributed by atoms with E-state index in [1.807, 2.05) is 0 Å². The monoisotopic (exact) mass is 228 g/mol. The number of rotatable bonds is 2. The van der Waals surface area contributed by atoms with Crippen LogP contribution in [0.2, 0.25) is 0 Å². The molecule has 2 N–H and O–H groups in total. The van der Waals surface area contributed by atoms with Gasteiger partial charge in [-0.2, -0.15) is 0 Å². The quantitative estimate of drug-likeness (QED) is 0.694. The van der Waals surface area contributed by atoms with Gasteiger partial charge in [0, 0.05) is 13.1 Å². The van der Waals surface area contributed by atoms with Crippen molar-refractivity contribution in [1.82, 2.24) is 10.4 Å². The lowest BCUT2D eigenvalue weighted by atomic mass is 10.1. The first-order chi connectivity index (χ1) is 7.75. The number of carbonyl (C=O) groups is 1. The molecule has 1 atom stereocenters. The van der Waals surface area contributed by atoms with Gasteiger partial charge in [-0.3, -0.25) is 4.84 Å². The van der Waals surface area contributed by atoms with Gasteiger partial charge in [-0.05, 0) is 25.7 Å². The van der Waals surface area contributed by atoms with Crippen LogP contribution in [-0.4, -0.2) is 41.3 Å². The highest BCUT2D eigenvalue weighted by Gasteiger charge is 2.23. The number of carbonyl (C=O) groups excluding carboxylic acids is 1. The smallest absolute Gasteiger partial charge is 0.341 e. The van der Waals surface area contributed by atoms with Crippen molar-refractivity contribution >= 4 is 6.03 Å². The third kappa shape index (κ3) is 3.09. The van der Waals surface area contributed by atoms with Crippen molar-refractivity contribution in [3.8, 4) is 0 Å². The molecule has 1 aliphatic heterocycles. The standard InChI is InChI=1S/C11H20N2O3/c14-9-4-3-7-13(8-9)11(15)12-16-10-5-1-2-6-10/h9-10,14H,1-8H2,(H,12,15). The highest BCUT2D eigenvalue weighted by atomic mass is 16.7. The maximum Gasteiger partial charge on any atom is 0.341 e. The zero-order valence-electron chi connectivity index (χ0n) is 9.52. The molecule has 1 aliphatic carbocycles. The van der Waals surface area contributed by atoms with Crippen LogP contribution >= 0.6 is 0 Å². The van der Waals surface area contributed by atoms with Crippen LogP contribution in [0.5, 0.6) is 0 Å². The molecule has 1 heterocycles. The summed E-state index contributed by atoms with van der Waals surface area (Å²) >= 11 is 0. The Morgan fingerprint density at radius 2 is 2.00 bits per heavy atom. The molecule has 1 saturated heterocycles. The molecule has 5 heteroatoms. The van der Waals surface area contributed by atoms with Gasteiger partial charge in [0.15, 0.2) is 0 Å². The molecule has 1 unspecified atom stereocenters. The zero-order chi connectivity index (χ0) is 11.4. The van der Waals surface area contributed by atoms with Gasteiger partial charge in [0.25, 0.3) is 0 Å². The molecule has 2 fully saturated rings. The second-order valence-corrected chi connectivity index (χ2v) is 4.67. The topological polar surface area (TPSA) is 61.8 Å². The minimum atomic E-state index is -0.383. The summed E-state index contributed by atoms with van der Waals surface area (Å²) in [7, 11) is 0. The summed E-state index contributed by atoms with van der Waals surface area (Å²) in [5.41, 5.74) is 2.49. The number of aliphatic hydroxyl groups is 1. The Kier molecular flexibility index (Phi) is 4.01. The van der Waals surface area contributed by atoms with E-state index in [0.717, 1.165) is 25.7 Å². The van der Waals surface area contributed by atoms with E-state index in [2.05, 4.69) is 5.48 Å². The fourth-order valence-electron chi connectivity index (χ4n) is 2.34. The predicted molar refractivity (Wildman–Crippen MR) is 58.7 cm³/mol. The van der Waals surface area contributed by atoms with E-state index in [4.69, 9.17) is 4.84 Å². The normalized spacial score (nSPS) is 27.1. The number of aliphatic hydroxyl groups excluding tert-OH is 1. The second kappa shape index (κ2) is 5.50. The van der Waals surface area contributed by atoms with E-state index in [1.54, 1.807) is 4.90 Å². The molecular weight excluding hydrogens is 208 g/mol. The van der Waals surface area contributed by atoms with Gasteiger partial charge in [-0.15, -0.1) is 0 Å². The molecule has 5 nitrogen and oxygen atoms in total. The fraction of sp³-hybridized carbons (Fsp3) is 0.909. The first-order valence-corrected chi connectivity index (χ1v) is 6.14. The minimum Gasteiger partial charge on any atom is -0.391 e. The van der Waals surface area contributed by atoms with Gasteiger partial charge >= 0.3 is 6.03 Å². The average molecular weight is 228 g/mol. The number of hydrogen-bond donors (Lipinski definition) is 2. The maximum absolute atomic E-state index is 11.7. The molecule has 92 valence electrons. The van der Waals surface area contributed by atoms with Gasteiger partial charge in [-0.1, -0.05) is 12.8 Å².